The van der Waals surface area contributed by atoms with Gasteiger partial charge in [0.1, 0.15) is 6.04 Å². The monoisotopic (exact) mass is 460 g/mol. The van der Waals surface area contributed by atoms with Gasteiger partial charge in [-0.15, -0.1) is 11.8 Å². The van der Waals surface area contributed by atoms with Crippen LogP contribution in [-0.4, -0.2) is 34.0 Å². The molecule has 2 aromatic carbocycles. The van der Waals surface area contributed by atoms with Gasteiger partial charge in [0.25, 0.3) is 0 Å². The van der Waals surface area contributed by atoms with Gasteiger partial charge in [0, 0.05) is 22.9 Å². The van der Waals surface area contributed by atoms with E-state index in [2.05, 4.69) is 37.4 Å². The summed E-state index contributed by atoms with van der Waals surface area (Å²) < 4.78 is 0. The van der Waals surface area contributed by atoms with Crippen LogP contribution >= 0.6 is 23.4 Å². The molecule has 0 heterocycles. The van der Waals surface area contributed by atoms with Crippen molar-refractivity contribution in [3.05, 3.63) is 69.7 Å². The summed E-state index contributed by atoms with van der Waals surface area (Å²) in [7, 11) is 0. The second kappa shape index (κ2) is 11.1. The van der Waals surface area contributed by atoms with E-state index in [1.807, 2.05) is 32.9 Å². The average molecular weight is 461 g/mol. The highest BCUT2D eigenvalue weighted by molar-refractivity contribution is 7.99. The van der Waals surface area contributed by atoms with E-state index in [1.165, 1.54) is 16.7 Å². The third-order valence-electron chi connectivity index (χ3n) is 4.71. The molecule has 0 aliphatic carbocycles. The van der Waals surface area contributed by atoms with Crippen molar-refractivity contribution in [2.75, 3.05) is 5.75 Å². The molecule has 2 rings (SSSR count). The molecule has 2 aromatic rings. The van der Waals surface area contributed by atoms with Crippen molar-refractivity contribution in [1.82, 2.24) is 10.2 Å². The highest BCUT2D eigenvalue weighted by Gasteiger charge is 2.28. The quantitative estimate of drug-likeness (QED) is 0.564. The Balaban J connectivity index is 2.10. The highest BCUT2D eigenvalue weighted by Crippen LogP contribution is 2.19. The molecule has 0 aliphatic heterocycles. The number of hydrogen-bond acceptors (Lipinski definition) is 3. The Morgan fingerprint density at radius 1 is 1.03 bits per heavy atom. The Morgan fingerprint density at radius 3 is 2.16 bits per heavy atom. The summed E-state index contributed by atoms with van der Waals surface area (Å²) in [5, 5.41) is 3.63. The molecule has 0 radical (unpaired) electrons. The molecular weight excluding hydrogens is 428 g/mol. The maximum Gasteiger partial charge on any atom is 0.242 e. The van der Waals surface area contributed by atoms with E-state index >= 15 is 0 Å². The molecule has 0 unspecified atom stereocenters. The zero-order valence-electron chi connectivity index (χ0n) is 19.3. The molecule has 168 valence electrons. The maximum absolute atomic E-state index is 13.1. The smallest absolute Gasteiger partial charge is 0.242 e. The number of carbonyl (C=O) groups excluding carboxylic acids is 2. The number of halogens is 1. The Morgan fingerprint density at radius 2 is 1.61 bits per heavy atom. The zero-order valence-corrected chi connectivity index (χ0v) is 20.9. The molecule has 0 saturated carbocycles. The lowest BCUT2D eigenvalue weighted by Gasteiger charge is -2.31. The van der Waals surface area contributed by atoms with Crippen molar-refractivity contribution in [2.24, 2.45) is 0 Å². The molecular formula is C25H33ClN2O2S. The topological polar surface area (TPSA) is 49.4 Å². The molecule has 0 saturated heterocycles. The summed E-state index contributed by atoms with van der Waals surface area (Å²) in [6, 6.07) is 13.2. The van der Waals surface area contributed by atoms with Crippen LogP contribution in [0, 0.1) is 13.8 Å². The van der Waals surface area contributed by atoms with Gasteiger partial charge in [0.15, 0.2) is 0 Å². The van der Waals surface area contributed by atoms with Crippen molar-refractivity contribution in [3.63, 3.8) is 0 Å². The van der Waals surface area contributed by atoms with Gasteiger partial charge in [-0.1, -0.05) is 53.1 Å². The fourth-order valence-electron chi connectivity index (χ4n) is 3.33. The third kappa shape index (κ3) is 8.58. The van der Waals surface area contributed by atoms with Crippen LogP contribution < -0.4 is 5.32 Å². The molecule has 0 aromatic heterocycles. The van der Waals surface area contributed by atoms with Gasteiger partial charge in [-0.05, 0) is 64.8 Å². The highest BCUT2D eigenvalue weighted by atomic mass is 35.5. The number of amides is 2. The molecule has 4 nitrogen and oxygen atoms in total. The van der Waals surface area contributed by atoms with Crippen molar-refractivity contribution in [3.8, 4) is 0 Å². The molecule has 0 bridgehead atoms. The van der Waals surface area contributed by atoms with Crippen LogP contribution in [0.3, 0.4) is 0 Å². The number of benzene rings is 2. The Kier molecular flexibility index (Phi) is 9.01. The number of carbonyl (C=O) groups is 2. The van der Waals surface area contributed by atoms with Crippen molar-refractivity contribution >= 4 is 35.2 Å². The Labute approximate surface area is 195 Å². The predicted octanol–water partition coefficient (Wildman–Crippen LogP) is 5.52. The minimum Gasteiger partial charge on any atom is -0.350 e. The van der Waals surface area contributed by atoms with Gasteiger partial charge in [-0.3, -0.25) is 9.59 Å². The first-order valence-corrected chi connectivity index (χ1v) is 12.0. The second-order valence-electron chi connectivity index (χ2n) is 9.05. The first-order valence-electron chi connectivity index (χ1n) is 10.5. The van der Waals surface area contributed by atoms with E-state index in [1.54, 1.807) is 35.7 Å². The lowest BCUT2D eigenvalue weighted by molar-refractivity contribution is -0.139. The molecule has 0 fully saturated rings. The average Bonchev–Trinajstić information content (AvgIpc) is 2.64. The van der Waals surface area contributed by atoms with Crippen LogP contribution in [-0.2, 0) is 21.9 Å². The van der Waals surface area contributed by atoms with Gasteiger partial charge in [-0.2, -0.15) is 0 Å². The normalized spacial score (nSPS) is 12.4. The van der Waals surface area contributed by atoms with Gasteiger partial charge in [0.05, 0.1) is 5.75 Å². The van der Waals surface area contributed by atoms with Crippen molar-refractivity contribution in [1.29, 1.82) is 0 Å². The van der Waals surface area contributed by atoms with Gasteiger partial charge in [-0.25, -0.2) is 0 Å². The zero-order chi connectivity index (χ0) is 23.2. The van der Waals surface area contributed by atoms with Crippen molar-refractivity contribution < 1.29 is 9.59 Å². The summed E-state index contributed by atoms with van der Waals surface area (Å²) >= 11 is 7.57. The molecule has 0 spiro atoms. The van der Waals surface area contributed by atoms with Crippen molar-refractivity contribution in [2.45, 2.75) is 65.4 Å². The first kappa shape index (κ1) is 25.3. The standard InChI is InChI=1S/C25H33ClN2O2S/c1-17-11-18(2)13-21(12-17)15-31-16-23(29)28(14-20-7-9-22(26)10-8-20)19(3)24(30)27-25(4,5)6/h7-13,19H,14-16H2,1-6H3,(H,27,30)/t19-/m0/s1. The summed E-state index contributed by atoms with van der Waals surface area (Å²) in [5.41, 5.74) is 4.22. The SMILES string of the molecule is Cc1cc(C)cc(CSCC(=O)N(Cc2ccc(Cl)cc2)[C@@H](C)C(=O)NC(C)(C)C)c1. The molecule has 31 heavy (non-hydrogen) atoms. The molecule has 1 atom stereocenters. The predicted molar refractivity (Wildman–Crippen MR) is 131 cm³/mol. The summed E-state index contributed by atoms with van der Waals surface area (Å²) in [4.78, 5) is 27.6. The second-order valence-corrected chi connectivity index (χ2v) is 10.5. The van der Waals surface area contributed by atoms with Crippen LogP contribution in [0.2, 0.25) is 5.02 Å². The Bertz CT molecular complexity index is 886. The summed E-state index contributed by atoms with van der Waals surface area (Å²) in [5.74, 6) is 0.856. The molecule has 0 aliphatic rings. The maximum atomic E-state index is 13.1. The van der Waals surface area contributed by atoms with Gasteiger partial charge in [0.2, 0.25) is 11.8 Å². The van der Waals surface area contributed by atoms with Crippen LogP contribution in [0.15, 0.2) is 42.5 Å². The number of hydrogen-bond donors (Lipinski definition) is 1. The van der Waals surface area contributed by atoms with Gasteiger partial charge < -0.3 is 10.2 Å². The van der Waals surface area contributed by atoms with E-state index in [9.17, 15) is 9.59 Å². The third-order valence-corrected chi connectivity index (χ3v) is 5.95. The van der Waals surface area contributed by atoms with E-state index in [-0.39, 0.29) is 17.4 Å². The minimum atomic E-state index is -0.579. The molecule has 6 heteroatoms. The Hall–Kier alpha value is -1.98. The number of nitrogens with zero attached hydrogens (tertiary/aromatic N) is 1. The van der Waals surface area contributed by atoms with E-state index < -0.39 is 6.04 Å². The number of nitrogens with one attached hydrogen (secondary N) is 1. The minimum absolute atomic E-state index is 0.0547. The van der Waals surface area contributed by atoms with Crippen LogP contribution in [0.1, 0.15) is 49.9 Å². The first-order chi connectivity index (χ1) is 14.4. The van der Waals surface area contributed by atoms with Gasteiger partial charge >= 0.3 is 0 Å². The fraction of sp³-hybridized carbons (Fsp3) is 0.440. The molecule has 1 N–H and O–H groups in total. The van der Waals surface area contributed by atoms with E-state index in [0.717, 1.165) is 11.3 Å². The lowest BCUT2D eigenvalue weighted by atomic mass is 10.1. The summed E-state index contributed by atoms with van der Waals surface area (Å²) in [6.45, 7) is 12.1. The largest absolute Gasteiger partial charge is 0.350 e. The van der Waals surface area contributed by atoms with Crippen LogP contribution in [0.25, 0.3) is 0 Å². The lowest BCUT2D eigenvalue weighted by Crippen LogP contribution is -2.52. The van der Waals surface area contributed by atoms with E-state index in [4.69, 9.17) is 11.6 Å². The number of thioether (sulfide) groups is 1. The van der Waals surface area contributed by atoms with E-state index in [0.29, 0.717) is 17.3 Å². The summed E-state index contributed by atoms with van der Waals surface area (Å²) in [6.07, 6.45) is 0. The number of rotatable bonds is 8. The molecule has 2 amide bonds. The fourth-order valence-corrected chi connectivity index (χ4v) is 4.31. The van der Waals surface area contributed by atoms with Crippen LogP contribution in [0.5, 0.6) is 0 Å². The van der Waals surface area contributed by atoms with Crippen LogP contribution in [0.4, 0.5) is 0 Å². The number of aryl methyl sites for hydroxylation is 2.